The van der Waals surface area contributed by atoms with E-state index >= 15 is 0 Å². The molecule has 0 aromatic heterocycles. The molecule has 0 heterocycles. The Balaban J connectivity index is 1.81. The van der Waals surface area contributed by atoms with Crippen LogP contribution in [0.4, 0.5) is 11.4 Å². The highest BCUT2D eigenvalue weighted by molar-refractivity contribution is 5.95. The third kappa shape index (κ3) is 6.30. The van der Waals surface area contributed by atoms with E-state index in [9.17, 15) is 9.59 Å². The Bertz CT molecular complexity index is 711. The fourth-order valence-electron chi connectivity index (χ4n) is 2.42. The van der Waals surface area contributed by atoms with Crippen LogP contribution in [0.1, 0.15) is 42.1 Å². The van der Waals surface area contributed by atoms with Crippen LogP contribution >= 0.6 is 0 Å². The lowest BCUT2D eigenvalue weighted by molar-refractivity contribution is -0.116. The molecular weight excluding hydrogens is 314 g/mol. The maximum absolute atomic E-state index is 12.0. The van der Waals surface area contributed by atoms with Crippen molar-refractivity contribution in [3.05, 3.63) is 59.7 Å². The average Bonchev–Trinajstić information content (AvgIpc) is 2.61. The Kier molecular flexibility index (Phi) is 7.01. The highest BCUT2D eigenvalue weighted by Gasteiger charge is 2.07. The Labute approximate surface area is 148 Å². The van der Waals surface area contributed by atoms with Gasteiger partial charge in [-0.25, -0.2) is 0 Å². The first-order chi connectivity index (χ1) is 12.1. The summed E-state index contributed by atoms with van der Waals surface area (Å²) in [7, 11) is 0. The second-order valence-electron chi connectivity index (χ2n) is 5.98. The number of benzene rings is 2. The molecule has 0 spiro atoms. The first-order valence-electron chi connectivity index (χ1n) is 8.61. The summed E-state index contributed by atoms with van der Waals surface area (Å²) in [5.41, 5.74) is 8.74. The van der Waals surface area contributed by atoms with Gasteiger partial charge in [0.15, 0.2) is 0 Å². The highest BCUT2D eigenvalue weighted by Crippen LogP contribution is 2.12. The number of anilines is 2. The minimum absolute atomic E-state index is 0.0671. The molecule has 2 amide bonds. The minimum atomic E-state index is -0.0898. The summed E-state index contributed by atoms with van der Waals surface area (Å²) in [4.78, 5) is 24.0. The molecule has 0 unspecified atom stereocenters. The average molecular weight is 339 g/mol. The first-order valence-corrected chi connectivity index (χ1v) is 8.61. The number of hydrogen-bond acceptors (Lipinski definition) is 3. The van der Waals surface area contributed by atoms with Crippen molar-refractivity contribution < 1.29 is 9.59 Å². The number of nitrogens with one attached hydrogen (secondary N) is 2. The molecule has 0 aliphatic heterocycles. The molecule has 0 aliphatic rings. The Morgan fingerprint density at radius 1 is 1.08 bits per heavy atom. The largest absolute Gasteiger partial charge is 0.399 e. The molecule has 0 radical (unpaired) electrons. The lowest BCUT2D eigenvalue weighted by atomic mass is 10.1. The number of carbonyl (C=O) groups is 2. The summed E-state index contributed by atoms with van der Waals surface area (Å²) in [6, 6.07) is 14.5. The van der Waals surface area contributed by atoms with Gasteiger partial charge in [0, 0.05) is 29.9 Å². The zero-order valence-electron chi connectivity index (χ0n) is 14.5. The van der Waals surface area contributed by atoms with Crippen LogP contribution in [0.15, 0.2) is 48.5 Å². The normalized spacial score (nSPS) is 10.3. The van der Waals surface area contributed by atoms with Crippen molar-refractivity contribution in [2.45, 2.75) is 32.6 Å². The maximum atomic E-state index is 12.0. The van der Waals surface area contributed by atoms with Crippen molar-refractivity contribution in [3.63, 3.8) is 0 Å². The Morgan fingerprint density at radius 2 is 1.84 bits per heavy atom. The molecule has 2 rings (SSSR count). The van der Waals surface area contributed by atoms with Gasteiger partial charge in [-0.05, 0) is 54.8 Å². The monoisotopic (exact) mass is 339 g/mol. The van der Waals surface area contributed by atoms with E-state index in [1.165, 1.54) is 0 Å². The van der Waals surface area contributed by atoms with Crippen molar-refractivity contribution in [2.75, 3.05) is 17.6 Å². The Hall–Kier alpha value is -2.82. The van der Waals surface area contributed by atoms with Gasteiger partial charge in [0.2, 0.25) is 5.91 Å². The van der Waals surface area contributed by atoms with Crippen LogP contribution in [0.3, 0.4) is 0 Å². The van der Waals surface area contributed by atoms with Gasteiger partial charge in [-0.15, -0.1) is 0 Å². The van der Waals surface area contributed by atoms with Crippen LogP contribution in [0.25, 0.3) is 0 Å². The lowest BCUT2D eigenvalue weighted by Crippen LogP contribution is -2.24. The van der Waals surface area contributed by atoms with Crippen LogP contribution in [0, 0.1) is 0 Å². The third-order valence-corrected chi connectivity index (χ3v) is 3.84. The standard InChI is InChI=1S/C20H25N3O2/c1-2-3-13-22-20(25)16-8-10-18(11-9-16)23-19(24)12-7-15-5-4-6-17(21)14-15/h4-6,8-11,14H,2-3,7,12-13,21H2,1H3,(H,22,25)(H,23,24). The molecule has 5 nitrogen and oxygen atoms in total. The van der Waals surface area contributed by atoms with Crippen molar-refractivity contribution in [2.24, 2.45) is 0 Å². The summed E-state index contributed by atoms with van der Waals surface area (Å²) in [6.07, 6.45) is 3.02. The molecule has 132 valence electrons. The number of nitrogen functional groups attached to an aromatic ring is 1. The van der Waals surface area contributed by atoms with E-state index in [0.29, 0.717) is 36.3 Å². The molecule has 0 bridgehead atoms. The molecular formula is C20H25N3O2. The van der Waals surface area contributed by atoms with E-state index in [4.69, 9.17) is 5.73 Å². The van der Waals surface area contributed by atoms with Gasteiger partial charge < -0.3 is 16.4 Å². The SMILES string of the molecule is CCCCNC(=O)c1ccc(NC(=O)CCc2cccc(N)c2)cc1. The smallest absolute Gasteiger partial charge is 0.251 e. The fraction of sp³-hybridized carbons (Fsp3) is 0.300. The molecule has 2 aromatic carbocycles. The predicted octanol–water partition coefficient (Wildman–Crippen LogP) is 3.37. The summed E-state index contributed by atoms with van der Waals surface area (Å²) in [5.74, 6) is -0.157. The summed E-state index contributed by atoms with van der Waals surface area (Å²) in [6.45, 7) is 2.76. The molecule has 2 aromatic rings. The summed E-state index contributed by atoms with van der Waals surface area (Å²) < 4.78 is 0. The van der Waals surface area contributed by atoms with Gasteiger partial charge in [0.1, 0.15) is 0 Å². The van der Waals surface area contributed by atoms with E-state index in [2.05, 4.69) is 17.6 Å². The molecule has 0 fully saturated rings. The minimum Gasteiger partial charge on any atom is -0.399 e. The molecule has 0 atom stereocenters. The van der Waals surface area contributed by atoms with E-state index in [1.807, 2.05) is 24.3 Å². The fourth-order valence-corrected chi connectivity index (χ4v) is 2.42. The van der Waals surface area contributed by atoms with Crippen molar-refractivity contribution in [1.82, 2.24) is 5.32 Å². The number of aryl methyl sites for hydroxylation is 1. The lowest BCUT2D eigenvalue weighted by Gasteiger charge is -2.08. The topological polar surface area (TPSA) is 84.2 Å². The van der Waals surface area contributed by atoms with Gasteiger partial charge in [0.25, 0.3) is 5.91 Å². The zero-order chi connectivity index (χ0) is 18.1. The number of nitrogens with two attached hydrogens (primary N) is 1. The van der Waals surface area contributed by atoms with Gasteiger partial charge in [0.05, 0.1) is 0 Å². The van der Waals surface area contributed by atoms with Gasteiger partial charge in [-0.2, -0.15) is 0 Å². The number of amides is 2. The predicted molar refractivity (Wildman–Crippen MR) is 101 cm³/mol. The van der Waals surface area contributed by atoms with Crippen molar-refractivity contribution >= 4 is 23.2 Å². The zero-order valence-corrected chi connectivity index (χ0v) is 14.5. The second kappa shape index (κ2) is 9.47. The number of carbonyl (C=O) groups excluding carboxylic acids is 2. The van der Waals surface area contributed by atoms with Crippen LogP contribution in [-0.2, 0) is 11.2 Å². The molecule has 0 saturated heterocycles. The summed E-state index contributed by atoms with van der Waals surface area (Å²) in [5, 5.41) is 5.71. The van der Waals surface area contributed by atoms with E-state index in [1.54, 1.807) is 24.3 Å². The van der Waals surface area contributed by atoms with Gasteiger partial charge in [-0.1, -0.05) is 25.5 Å². The van der Waals surface area contributed by atoms with Crippen LogP contribution in [0.5, 0.6) is 0 Å². The summed E-state index contributed by atoms with van der Waals surface area (Å²) >= 11 is 0. The first kappa shape index (κ1) is 18.5. The number of hydrogen-bond donors (Lipinski definition) is 3. The van der Waals surface area contributed by atoms with E-state index in [-0.39, 0.29) is 11.8 Å². The molecule has 0 aliphatic carbocycles. The van der Waals surface area contributed by atoms with Crippen LogP contribution in [-0.4, -0.2) is 18.4 Å². The molecule has 4 N–H and O–H groups in total. The molecule has 5 heteroatoms. The number of unbranched alkanes of at least 4 members (excludes halogenated alkanes) is 1. The third-order valence-electron chi connectivity index (χ3n) is 3.84. The van der Waals surface area contributed by atoms with E-state index < -0.39 is 0 Å². The van der Waals surface area contributed by atoms with E-state index in [0.717, 1.165) is 18.4 Å². The highest BCUT2D eigenvalue weighted by atomic mass is 16.2. The van der Waals surface area contributed by atoms with Crippen molar-refractivity contribution in [1.29, 1.82) is 0 Å². The Morgan fingerprint density at radius 3 is 2.52 bits per heavy atom. The maximum Gasteiger partial charge on any atom is 0.251 e. The molecule has 25 heavy (non-hydrogen) atoms. The second-order valence-corrected chi connectivity index (χ2v) is 5.98. The quantitative estimate of drug-likeness (QED) is 0.509. The van der Waals surface area contributed by atoms with Gasteiger partial charge >= 0.3 is 0 Å². The molecule has 0 saturated carbocycles. The van der Waals surface area contributed by atoms with Crippen LogP contribution in [0.2, 0.25) is 0 Å². The van der Waals surface area contributed by atoms with Crippen molar-refractivity contribution in [3.8, 4) is 0 Å². The van der Waals surface area contributed by atoms with Crippen LogP contribution < -0.4 is 16.4 Å². The number of rotatable bonds is 8. The van der Waals surface area contributed by atoms with Gasteiger partial charge in [-0.3, -0.25) is 9.59 Å².